The molecule has 0 atom stereocenters. The van der Waals surface area contributed by atoms with E-state index in [2.05, 4.69) is 23.7 Å². The first-order valence-electron chi connectivity index (χ1n) is 1.48. The monoisotopic (exact) mass is 190 g/mol. The Bertz CT molecular complexity index is 159. The van der Waals surface area contributed by atoms with Gasteiger partial charge in [0.15, 0.2) is 0 Å². The predicted octanol–water partition coefficient (Wildman–Crippen LogP) is 0.319. The Morgan fingerprint density at radius 2 is 2.00 bits per heavy atom. The highest BCUT2D eigenvalue weighted by Gasteiger charge is 1.57. The van der Waals surface area contributed by atoms with E-state index in [0.717, 1.165) is 0 Å². The maximum Gasteiger partial charge on any atom is -0.00000920 e. The minimum Gasteiger partial charge on any atom is -0.128 e. The van der Waals surface area contributed by atoms with Crippen molar-refractivity contribution in [2.24, 2.45) is 0 Å². The van der Waals surface area contributed by atoms with Crippen LogP contribution in [0.2, 0.25) is 0 Å². The van der Waals surface area contributed by atoms with E-state index in [1.165, 1.54) is 8.88 Å². The maximum absolute atomic E-state index is 4.63. The van der Waals surface area contributed by atoms with Gasteiger partial charge < -0.3 is 0 Å². The van der Waals surface area contributed by atoms with Crippen LogP contribution in [-0.2, 0) is 47.3 Å². The summed E-state index contributed by atoms with van der Waals surface area (Å²) in [4.78, 5) is 0. The highest BCUT2D eigenvalue weighted by Crippen LogP contribution is 1.57. The summed E-state index contributed by atoms with van der Waals surface area (Å²) in [7, 11) is 5.39. The highest BCUT2D eigenvalue weighted by atomic mass is 33.3. The third-order valence-electron chi connectivity index (χ3n) is 0.192. The van der Waals surface area contributed by atoms with Crippen LogP contribution in [0.5, 0.6) is 0 Å². The highest BCUT2D eigenvalue weighted by molar-refractivity contribution is 8.63. The summed E-state index contributed by atoms with van der Waals surface area (Å²) >= 11 is 4.63. The van der Waals surface area contributed by atoms with Crippen LogP contribution >= 0.6 is 0 Å². The van der Waals surface area contributed by atoms with Crippen molar-refractivity contribution in [2.75, 3.05) is 12.5 Å². The normalized spacial score (nSPS) is 8.43. The number of hydrogen-bond acceptors (Lipinski definition) is 1. The zero-order valence-electron chi connectivity index (χ0n) is 4.04. The standard InChI is InChI=1S/C2H6S5/c1-7(2)6-5-4-3/h1-2H3. The van der Waals surface area contributed by atoms with Crippen LogP contribution in [0.25, 0.3) is 0 Å². The predicted molar refractivity (Wildman–Crippen MR) is 48.7 cm³/mol. The van der Waals surface area contributed by atoms with E-state index < -0.39 is 0 Å². The maximum atomic E-state index is 4.63. The molecule has 0 heterocycles. The minimum absolute atomic E-state index is 0.477. The Balaban J connectivity index is 4.49. The van der Waals surface area contributed by atoms with Gasteiger partial charge in [-0.2, -0.15) is 0 Å². The average molecular weight is 190 g/mol. The van der Waals surface area contributed by atoms with Crippen molar-refractivity contribution in [1.82, 2.24) is 0 Å². The molecule has 0 radical (unpaired) electrons. The molecule has 0 aromatic carbocycles. The van der Waals surface area contributed by atoms with Crippen LogP contribution in [-0.4, -0.2) is 12.5 Å². The van der Waals surface area contributed by atoms with Crippen LogP contribution < -0.4 is 0 Å². The molecule has 0 unspecified atom stereocenters. The van der Waals surface area contributed by atoms with Crippen molar-refractivity contribution >= 4 is 47.3 Å². The van der Waals surface area contributed by atoms with Gasteiger partial charge >= 0.3 is 0 Å². The summed E-state index contributed by atoms with van der Waals surface area (Å²) < 4.78 is 0. The van der Waals surface area contributed by atoms with Gasteiger partial charge in [-0.15, -0.1) is 9.45 Å². The summed E-state index contributed by atoms with van der Waals surface area (Å²) in [6.45, 7) is 0. The van der Waals surface area contributed by atoms with Gasteiger partial charge in [0.2, 0.25) is 0 Å². The molecule has 0 aliphatic rings. The summed E-state index contributed by atoms with van der Waals surface area (Å²) in [6.07, 6.45) is 4.37. The van der Waals surface area contributed by atoms with Crippen molar-refractivity contribution in [1.29, 1.82) is 0 Å². The second-order valence-electron chi connectivity index (χ2n) is 0.946. The first-order chi connectivity index (χ1) is 3.27. The van der Waals surface area contributed by atoms with E-state index in [-0.39, 0.29) is 0 Å². The summed E-state index contributed by atoms with van der Waals surface area (Å²) in [5, 5.41) is 0. The second kappa shape index (κ2) is 5.37. The largest absolute Gasteiger partial charge is 0.128 e. The SMILES string of the molecule is CS(C)=S=S=S=S. The topological polar surface area (TPSA) is 0 Å². The molecule has 0 amide bonds. The van der Waals surface area contributed by atoms with Crippen molar-refractivity contribution in [3.8, 4) is 0 Å². The van der Waals surface area contributed by atoms with Crippen LogP contribution in [0.3, 0.4) is 0 Å². The molecule has 0 rings (SSSR count). The molecule has 0 fully saturated rings. The van der Waals surface area contributed by atoms with E-state index in [0.29, 0.717) is 9.45 Å². The summed E-state index contributed by atoms with van der Waals surface area (Å²) in [6, 6.07) is 0. The van der Waals surface area contributed by atoms with Crippen molar-refractivity contribution in [3.05, 3.63) is 0 Å². The number of hydrogen-bond donors (Lipinski definition) is 0. The van der Waals surface area contributed by atoms with E-state index in [9.17, 15) is 0 Å². The van der Waals surface area contributed by atoms with Crippen molar-refractivity contribution < 1.29 is 0 Å². The van der Waals surface area contributed by atoms with Crippen LogP contribution in [0, 0.1) is 0 Å². The molecule has 0 spiro atoms. The lowest BCUT2D eigenvalue weighted by atomic mass is 11.9. The summed E-state index contributed by atoms with van der Waals surface area (Å²) in [5.74, 6) is 0. The zero-order valence-corrected chi connectivity index (χ0v) is 8.12. The Morgan fingerprint density at radius 3 is 2.14 bits per heavy atom. The van der Waals surface area contributed by atoms with Gasteiger partial charge in [-0.05, 0) is 50.3 Å². The molecule has 7 heavy (non-hydrogen) atoms. The summed E-state index contributed by atoms with van der Waals surface area (Å²) in [5.41, 5.74) is 0. The lowest BCUT2D eigenvalue weighted by Gasteiger charge is -1.70. The molecule has 44 valence electrons. The van der Waals surface area contributed by atoms with Gasteiger partial charge in [0.1, 0.15) is 0 Å². The molecule has 0 aromatic heterocycles. The van der Waals surface area contributed by atoms with Gasteiger partial charge in [0, 0.05) is 0 Å². The Kier molecular flexibility index (Phi) is 6.31. The average Bonchev–Trinajstić information content (AvgIpc) is 1.61. The fourth-order valence-electron chi connectivity index (χ4n) is 0.0669. The molecule has 5 heteroatoms. The Labute approximate surface area is 59.5 Å². The molecule has 0 saturated carbocycles. The Hall–Kier alpha value is 1.23. The third kappa shape index (κ3) is 7.23. The lowest BCUT2D eigenvalue weighted by Crippen LogP contribution is -1.71. The molecule has 0 nitrogen and oxygen atoms in total. The van der Waals surface area contributed by atoms with E-state index in [1.807, 2.05) is 8.88 Å². The molecule has 0 N–H and O–H groups in total. The van der Waals surface area contributed by atoms with Crippen LogP contribution in [0.4, 0.5) is 0 Å². The molecule has 0 bridgehead atoms. The molecular formula is C2H6S5. The third-order valence-corrected chi connectivity index (χ3v) is 8.17. The molecule has 0 saturated heterocycles. The van der Waals surface area contributed by atoms with Gasteiger partial charge in [0.25, 0.3) is 0 Å². The first kappa shape index (κ1) is 8.23. The van der Waals surface area contributed by atoms with Crippen LogP contribution in [0.15, 0.2) is 0 Å². The number of rotatable bonds is 0. The van der Waals surface area contributed by atoms with Crippen molar-refractivity contribution in [3.63, 3.8) is 0 Å². The zero-order chi connectivity index (χ0) is 5.70. The van der Waals surface area contributed by atoms with Crippen LogP contribution in [0.1, 0.15) is 0 Å². The van der Waals surface area contributed by atoms with Gasteiger partial charge in [-0.25, -0.2) is 0 Å². The fraction of sp³-hybridized carbons (Fsp3) is 1.00. The Morgan fingerprint density at radius 1 is 1.43 bits per heavy atom. The van der Waals surface area contributed by atoms with Gasteiger partial charge in [-0.1, -0.05) is 0 Å². The molecule has 0 aliphatic carbocycles. The van der Waals surface area contributed by atoms with Crippen molar-refractivity contribution in [2.45, 2.75) is 0 Å². The van der Waals surface area contributed by atoms with E-state index in [1.54, 1.807) is 8.88 Å². The second-order valence-corrected chi connectivity index (χ2v) is 9.74. The smallest absolute Gasteiger partial charge is 0.00000920 e. The van der Waals surface area contributed by atoms with Gasteiger partial charge in [0.05, 0.1) is 0 Å². The van der Waals surface area contributed by atoms with E-state index in [4.69, 9.17) is 0 Å². The molecular weight excluding hydrogens is 184 g/mol. The first-order valence-corrected chi connectivity index (χ1v) is 8.45. The quantitative estimate of drug-likeness (QED) is 0.530. The lowest BCUT2D eigenvalue weighted by molar-refractivity contribution is 2.35. The van der Waals surface area contributed by atoms with Gasteiger partial charge in [-0.3, -0.25) is 0 Å². The fourth-order valence-corrected chi connectivity index (χ4v) is 7.26. The van der Waals surface area contributed by atoms with E-state index >= 15 is 0 Å². The molecule has 0 aliphatic heterocycles. The molecule has 0 aromatic rings. The minimum atomic E-state index is 0.477.